The summed E-state index contributed by atoms with van der Waals surface area (Å²) in [4.78, 5) is 26.3. The van der Waals surface area contributed by atoms with Crippen LogP contribution in [0.2, 0.25) is 0 Å². The number of carboxylic acid groups (broad SMARTS) is 1. The summed E-state index contributed by atoms with van der Waals surface area (Å²) in [5.74, 6) is 0. The molecule has 90 valence electrons. The number of hydrogen-bond acceptors (Lipinski definition) is 4. The molecule has 1 unspecified atom stereocenters. The Hall–Kier alpha value is -2.18. The normalized spacial score (nSPS) is 18.6. The Kier molecular flexibility index (Phi) is 2.66. The molecule has 2 rings (SSSR count). The summed E-state index contributed by atoms with van der Waals surface area (Å²) < 4.78 is 0. The number of nitro groups is 1. The van der Waals surface area contributed by atoms with E-state index in [1.54, 1.807) is 6.92 Å². The average Bonchev–Trinajstić information content (AvgIpc) is 2.27. The van der Waals surface area contributed by atoms with Gasteiger partial charge >= 0.3 is 6.09 Å². The van der Waals surface area contributed by atoms with E-state index in [1.165, 1.54) is 17.2 Å². The Morgan fingerprint density at radius 1 is 1.71 bits per heavy atom. The topological polar surface area (TPSA) is 96.6 Å². The molecule has 17 heavy (non-hydrogen) atoms. The molecule has 1 amide bonds. The van der Waals surface area contributed by atoms with Crippen LogP contribution in [-0.2, 0) is 13.0 Å². The lowest BCUT2D eigenvalue weighted by molar-refractivity contribution is -0.385. The molecule has 7 heteroatoms. The van der Waals surface area contributed by atoms with Crippen LogP contribution in [0.15, 0.2) is 12.3 Å². The Balaban J connectivity index is 2.36. The van der Waals surface area contributed by atoms with E-state index in [0.717, 1.165) is 5.69 Å². The van der Waals surface area contributed by atoms with E-state index < -0.39 is 11.0 Å². The molecule has 0 aliphatic carbocycles. The second kappa shape index (κ2) is 4.00. The fourth-order valence-corrected chi connectivity index (χ4v) is 1.93. The molecular formula is C10H11N3O4. The number of rotatable bonds is 1. The molecule has 0 spiro atoms. The van der Waals surface area contributed by atoms with E-state index in [1.807, 2.05) is 0 Å². The van der Waals surface area contributed by atoms with Crippen molar-refractivity contribution in [1.82, 2.24) is 9.88 Å². The Morgan fingerprint density at radius 3 is 3.00 bits per heavy atom. The average molecular weight is 237 g/mol. The van der Waals surface area contributed by atoms with Crippen molar-refractivity contribution in [3.63, 3.8) is 0 Å². The molecule has 1 atom stereocenters. The first kappa shape index (κ1) is 11.3. The zero-order chi connectivity index (χ0) is 12.6. The van der Waals surface area contributed by atoms with Gasteiger partial charge in [0.2, 0.25) is 0 Å². The number of nitrogens with zero attached hydrogens (tertiary/aromatic N) is 3. The molecule has 1 aromatic rings. The third-order valence-electron chi connectivity index (χ3n) is 2.86. The standard InChI is InChI=1S/C10H11N3O4/c1-6-2-9-7(5-12(6)10(14)15)3-8(4-11-9)13(16)17/h3-4,6H,2,5H2,1H3,(H,14,15). The van der Waals surface area contributed by atoms with Crippen LogP contribution in [0, 0.1) is 10.1 Å². The maximum Gasteiger partial charge on any atom is 0.407 e. The van der Waals surface area contributed by atoms with Crippen molar-refractivity contribution in [2.75, 3.05) is 0 Å². The molecule has 0 radical (unpaired) electrons. The van der Waals surface area contributed by atoms with Gasteiger partial charge in [0.25, 0.3) is 5.69 Å². The summed E-state index contributed by atoms with van der Waals surface area (Å²) in [7, 11) is 0. The molecule has 0 saturated carbocycles. The van der Waals surface area contributed by atoms with Crippen molar-refractivity contribution < 1.29 is 14.8 Å². The fourth-order valence-electron chi connectivity index (χ4n) is 1.93. The summed E-state index contributed by atoms with van der Waals surface area (Å²) in [6.07, 6.45) is 0.677. The first-order valence-corrected chi connectivity index (χ1v) is 5.11. The minimum absolute atomic E-state index is 0.108. The van der Waals surface area contributed by atoms with Gasteiger partial charge in [-0.3, -0.25) is 15.1 Å². The maximum absolute atomic E-state index is 11.0. The first-order valence-electron chi connectivity index (χ1n) is 5.11. The third kappa shape index (κ3) is 2.03. The molecule has 1 aliphatic rings. The van der Waals surface area contributed by atoms with Crippen LogP contribution in [0.4, 0.5) is 10.5 Å². The predicted molar refractivity (Wildman–Crippen MR) is 57.6 cm³/mol. The highest BCUT2D eigenvalue weighted by molar-refractivity contribution is 5.66. The van der Waals surface area contributed by atoms with E-state index in [-0.39, 0.29) is 18.3 Å². The Morgan fingerprint density at radius 2 is 2.41 bits per heavy atom. The van der Waals surface area contributed by atoms with Crippen molar-refractivity contribution in [3.05, 3.63) is 33.6 Å². The second-order valence-corrected chi connectivity index (χ2v) is 4.02. The molecule has 1 aliphatic heterocycles. The largest absolute Gasteiger partial charge is 0.465 e. The van der Waals surface area contributed by atoms with Crippen LogP contribution in [0.5, 0.6) is 0 Å². The van der Waals surface area contributed by atoms with Crippen LogP contribution in [-0.4, -0.2) is 32.0 Å². The zero-order valence-corrected chi connectivity index (χ0v) is 9.16. The number of pyridine rings is 1. The predicted octanol–water partition coefficient (Wildman–Crippen LogP) is 1.41. The van der Waals surface area contributed by atoms with Crippen molar-refractivity contribution in [1.29, 1.82) is 0 Å². The third-order valence-corrected chi connectivity index (χ3v) is 2.86. The lowest BCUT2D eigenvalue weighted by Crippen LogP contribution is -2.42. The summed E-state index contributed by atoms with van der Waals surface area (Å²) in [5.41, 5.74) is 1.24. The lowest BCUT2D eigenvalue weighted by Gasteiger charge is -2.31. The summed E-state index contributed by atoms with van der Waals surface area (Å²) in [6.45, 7) is 1.95. The lowest BCUT2D eigenvalue weighted by atomic mass is 10.00. The number of amides is 1. The molecule has 1 N–H and O–H groups in total. The van der Waals surface area contributed by atoms with Crippen LogP contribution in [0.1, 0.15) is 18.2 Å². The summed E-state index contributed by atoms with van der Waals surface area (Å²) in [5, 5.41) is 19.6. The smallest absolute Gasteiger partial charge is 0.407 e. The van der Waals surface area contributed by atoms with Gasteiger partial charge < -0.3 is 10.0 Å². The van der Waals surface area contributed by atoms with Crippen molar-refractivity contribution in [2.24, 2.45) is 0 Å². The molecule has 1 aromatic heterocycles. The van der Waals surface area contributed by atoms with Gasteiger partial charge in [0.1, 0.15) is 6.20 Å². The maximum atomic E-state index is 11.0. The van der Waals surface area contributed by atoms with E-state index in [0.29, 0.717) is 12.0 Å². The van der Waals surface area contributed by atoms with Crippen LogP contribution in [0.3, 0.4) is 0 Å². The Labute approximate surface area is 96.8 Å². The van der Waals surface area contributed by atoms with E-state index >= 15 is 0 Å². The van der Waals surface area contributed by atoms with Gasteiger partial charge in [-0.15, -0.1) is 0 Å². The number of aromatic nitrogens is 1. The van der Waals surface area contributed by atoms with Gasteiger partial charge in [0, 0.05) is 29.8 Å². The van der Waals surface area contributed by atoms with Crippen LogP contribution in [0.25, 0.3) is 0 Å². The highest BCUT2D eigenvalue weighted by Gasteiger charge is 2.28. The quantitative estimate of drug-likeness (QED) is 0.588. The number of hydrogen-bond donors (Lipinski definition) is 1. The molecular weight excluding hydrogens is 226 g/mol. The minimum Gasteiger partial charge on any atom is -0.465 e. The first-order chi connectivity index (χ1) is 7.99. The number of carbonyl (C=O) groups is 1. The molecule has 0 aromatic carbocycles. The summed E-state index contributed by atoms with van der Waals surface area (Å²) in [6, 6.07) is 1.23. The van der Waals surface area contributed by atoms with Gasteiger partial charge in [-0.2, -0.15) is 0 Å². The van der Waals surface area contributed by atoms with E-state index in [4.69, 9.17) is 5.11 Å². The number of fused-ring (bicyclic) bond motifs is 1. The van der Waals surface area contributed by atoms with Gasteiger partial charge in [-0.1, -0.05) is 0 Å². The second-order valence-electron chi connectivity index (χ2n) is 4.02. The zero-order valence-electron chi connectivity index (χ0n) is 9.16. The molecule has 2 heterocycles. The highest BCUT2D eigenvalue weighted by atomic mass is 16.6. The highest BCUT2D eigenvalue weighted by Crippen LogP contribution is 2.24. The minimum atomic E-state index is -1.02. The van der Waals surface area contributed by atoms with Gasteiger partial charge in [-0.05, 0) is 6.92 Å². The van der Waals surface area contributed by atoms with Crippen molar-refractivity contribution in [3.8, 4) is 0 Å². The van der Waals surface area contributed by atoms with Gasteiger partial charge in [0.15, 0.2) is 0 Å². The molecule has 0 bridgehead atoms. The van der Waals surface area contributed by atoms with Crippen molar-refractivity contribution >= 4 is 11.8 Å². The van der Waals surface area contributed by atoms with E-state index in [2.05, 4.69) is 4.98 Å². The molecule has 7 nitrogen and oxygen atoms in total. The van der Waals surface area contributed by atoms with Crippen molar-refractivity contribution in [2.45, 2.75) is 25.9 Å². The van der Waals surface area contributed by atoms with Gasteiger partial charge in [-0.25, -0.2) is 4.79 Å². The summed E-state index contributed by atoms with van der Waals surface area (Å²) >= 11 is 0. The Bertz CT molecular complexity index is 488. The molecule has 0 saturated heterocycles. The SMILES string of the molecule is CC1Cc2ncc([N+](=O)[O-])cc2CN1C(=O)O. The fraction of sp³-hybridized carbons (Fsp3) is 0.400. The molecule has 0 fully saturated rings. The van der Waals surface area contributed by atoms with E-state index in [9.17, 15) is 14.9 Å². The van der Waals surface area contributed by atoms with Crippen LogP contribution < -0.4 is 0 Å². The van der Waals surface area contributed by atoms with Gasteiger partial charge in [0.05, 0.1) is 11.5 Å². The monoisotopic (exact) mass is 237 g/mol. The van der Waals surface area contributed by atoms with Crippen LogP contribution >= 0.6 is 0 Å².